The number of hydrogen-bond donors (Lipinski definition) is 16. The molecule has 0 spiro atoms. The van der Waals surface area contributed by atoms with Crippen LogP contribution in [0.1, 0.15) is 65.1 Å². The molecule has 1 heterocycles. The van der Waals surface area contributed by atoms with E-state index in [1.54, 1.807) is 34.7 Å². The fourth-order valence-electron chi connectivity index (χ4n) is 6.72. The lowest BCUT2D eigenvalue weighted by molar-refractivity contribution is -0.145. The van der Waals surface area contributed by atoms with Crippen LogP contribution < -0.4 is 59.3 Å². The Bertz CT molecular complexity index is 2120. The first kappa shape index (κ1) is 60.1. The van der Waals surface area contributed by atoms with Crippen molar-refractivity contribution in [2.75, 3.05) is 32.4 Å². The maximum Gasteiger partial charge on any atom is 0.328 e. The van der Waals surface area contributed by atoms with Crippen LogP contribution in [0.4, 0.5) is 0 Å². The molecular weight excluding hydrogens is 949 g/mol. The number of carbonyl (C=O) groups is 9. The number of aliphatic hydroxyl groups excluding tert-OH is 1. The Morgan fingerprint density at radius 3 is 1.80 bits per heavy atom. The van der Waals surface area contributed by atoms with Crippen LogP contribution in [0.2, 0.25) is 0 Å². The van der Waals surface area contributed by atoms with E-state index in [0.717, 1.165) is 6.92 Å². The van der Waals surface area contributed by atoms with E-state index in [1.807, 2.05) is 0 Å². The maximum absolute atomic E-state index is 14.4. The molecule has 0 bridgehead atoms. The number of thiol groups is 1. The van der Waals surface area contributed by atoms with Gasteiger partial charge in [-0.3, -0.25) is 43.3 Å². The average molecular weight is 1020 g/mol. The number of H-pyrrole nitrogens is 1. The Hall–Kier alpha value is -7.00. The molecule has 0 aliphatic carbocycles. The molecule has 394 valence electrons. The molecule has 1 aromatic heterocycles. The van der Waals surface area contributed by atoms with Gasteiger partial charge in [0.1, 0.15) is 42.0 Å². The summed E-state index contributed by atoms with van der Waals surface area (Å²) in [7, 11) is 1.55. The van der Waals surface area contributed by atoms with Crippen molar-refractivity contribution in [1.29, 1.82) is 0 Å². The van der Waals surface area contributed by atoms with Crippen LogP contribution in [0.15, 0.2) is 41.8 Å². The molecule has 26 nitrogen and oxygen atoms in total. The molecule has 2 aromatic rings. The number of benzene rings is 1. The number of amides is 8. The number of phenolic OH excluding ortho intramolecular Hbond substituents is 1. The molecule has 71 heavy (non-hydrogen) atoms. The maximum atomic E-state index is 14.4. The lowest BCUT2D eigenvalue weighted by Crippen LogP contribution is -2.61. The third-order valence-electron chi connectivity index (χ3n) is 10.9. The molecule has 0 aliphatic rings. The minimum atomic E-state index is -1.68. The average Bonchev–Trinajstić information content (AvgIpc) is 3.83. The number of hydrogen-bond acceptors (Lipinski definition) is 15. The number of rotatable bonds is 31. The first-order valence-electron chi connectivity index (χ1n) is 22.9. The van der Waals surface area contributed by atoms with Crippen LogP contribution in [0, 0.1) is 11.8 Å². The van der Waals surface area contributed by atoms with Gasteiger partial charge in [-0.05, 0) is 56.3 Å². The number of phenols is 1. The predicted octanol–water partition coefficient (Wildman–Crippen LogP) is -4.22. The fourth-order valence-corrected chi connectivity index (χ4v) is 6.98. The van der Waals surface area contributed by atoms with Gasteiger partial charge in [0, 0.05) is 37.0 Å². The number of aromatic nitrogens is 2. The van der Waals surface area contributed by atoms with Gasteiger partial charge in [-0.1, -0.05) is 46.2 Å². The van der Waals surface area contributed by atoms with E-state index < -0.39 is 120 Å². The number of imidazole rings is 1. The second-order valence-electron chi connectivity index (χ2n) is 17.1. The van der Waals surface area contributed by atoms with Crippen molar-refractivity contribution in [3.63, 3.8) is 0 Å². The Kier molecular flexibility index (Phi) is 25.9. The summed E-state index contributed by atoms with van der Waals surface area (Å²) in [6, 6.07) is -3.64. The largest absolute Gasteiger partial charge is 0.508 e. The number of aliphatic imine (C=N–C) groups is 1. The van der Waals surface area contributed by atoms with Crippen LogP contribution in [0.25, 0.3) is 0 Å². The Morgan fingerprint density at radius 1 is 0.718 bits per heavy atom. The van der Waals surface area contributed by atoms with Gasteiger partial charge in [0.15, 0.2) is 12.0 Å². The number of likely N-dealkylation sites (N-methyl/N-ethyl adjacent to an activating group) is 1. The molecule has 1 aromatic carbocycles. The lowest BCUT2D eigenvalue weighted by atomic mass is 9.96. The van der Waals surface area contributed by atoms with Gasteiger partial charge in [-0.25, -0.2) is 9.78 Å². The molecular formula is C44H70N14O12S. The number of nitrogens with two attached hydrogens (primary N) is 2. The van der Waals surface area contributed by atoms with E-state index in [0.29, 0.717) is 24.1 Å². The predicted molar refractivity (Wildman–Crippen MR) is 262 cm³/mol. The second-order valence-corrected chi connectivity index (χ2v) is 17.4. The first-order chi connectivity index (χ1) is 33.5. The van der Waals surface area contributed by atoms with E-state index in [4.69, 9.17) is 11.5 Å². The molecule has 0 saturated heterocycles. The summed E-state index contributed by atoms with van der Waals surface area (Å²) in [6.45, 7) is 7.27. The highest BCUT2D eigenvalue weighted by Crippen LogP contribution is 2.15. The summed E-state index contributed by atoms with van der Waals surface area (Å²) in [5, 5.41) is 52.0. The molecule has 0 unspecified atom stereocenters. The van der Waals surface area contributed by atoms with Gasteiger partial charge in [-0.15, -0.1) is 0 Å². The number of carboxylic acid groups (broad SMARTS) is 1. The minimum absolute atomic E-state index is 0.0623. The molecule has 0 radical (unpaired) electrons. The first-order valence-corrected chi connectivity index (χ1v) is 23.5. The van der Waals surface area contributed by atoms with Crippen molar-refractivity contribution in [1.82, 2.24) is 57.8 Å². The third-order valence-corrected chi connectivity index (χ3v) is 11.3. The quantitative estimate of drug-likeness (QED) is 0.0147. The van der Waals surface area contributed by atoms with Gasteiger partial charge in [0.05, 0.1) is 25.5 Å². The zero-order valence-electron chi connectivity index (χ0n) is 40.6. The Labute approximate surface area is 416 Å². The number of aliphatic hydroxyl groups is 1. The number of guanidine groups is 1. The summed E-state index contributed by atoms with van der Waals surface area (Å²) in [4.78, 5) is 131. The van der Waals surface area contributed by atoms with Gasteiger partial charge in [-0.2, -0.15) is 12.6 Å². The van der Waals surface area contributed by atoms with Gasteiger partial charge < -0.3 is 79.6 Å². The number of aromatic hydroxyl groups is 1. The molecule has 9 atom stereocenters. The number of aromatic amines is 1. The monoisotopic (exact) mass is 1020 g/mol. The van der Waals surface area contributed by atoms with Crippen LogP contribution in [-0.4, -0.2) is 165 Å². The van der Waals surface area contributed by atoms with Crippen molar-refractivity contribution in [2.45, 2.75) is 115 Å². The van der Waals surface area contributed by atoms with Crippen LogP contribution >= 0.6 is 12.6 Å². The summed E-state index contributed by atoms with van der Waals surface area (Å²) in [5.74, 6) is -9.44. The standard InChI is InChI=1S/C44H70N14O12S/c1-7-23(4)35(42(68)55-30(16-26-17-48-21-51-26)37(63)50-19-33(62)53-31(20-71)40(66)58-36(24(5)59)43(69)70)57-39(65)29(15-25-10-12-27(60)13-11-25)54-41(67)34(22(2)3)56-38(64)28(52-32(61)18-47-6)9-8-14-49-44(45)46/h10-13,17,21-24,28-31,34-36,47,59-60,71H,7-9,14-16,18-20H2,1-6H3,(H,48,51)(H,50,63)(H,52,61)(H,53,62)(H,54,67)(H,55,68)(H,56,64)(H,57,65)(H,58,66)(H,69,70)(H4,45,46,49)/t23-,24+,28-,29-,30-,31-,34-,35-,36-/m0/s1. The van der Waals surface area contributed by atoms with Crippen molar-refractivity contribution in [3.8, 4) is 5.75 Å². The van der Waals surface area contributed by atoms with E-state index >= 15 is 0 Å². The number of nitrogens with zero attached hydrogens (tertiary/aromatic N) is 2. The molecule has 0 aliphatic heterocycles. The van der Waals surface area contributed by atoms with Crippen molar-refractivity contribution >= 4 is 71.8 Å². The second kappa shape index (κ2) is 30.6. The highest BCUT2D eigenvalue weighted by atomic mass is 32.1. The lowest BCUT2D eigenvalue weighted by Gasteiger charge is -2.30. The summed E-state index contributed by atoms with van der Waals surface area (Å²) in [6.07, 6.45) is 1.70. The SMILES string of the molecule is CC[C@H](C)[C@H](NC(=O)[C@H](Cc1ccc(O)cc1)NC(=O)[C@@H](NC(=O)[C@H](CCCN=C(N)N)NC(=O)CNC)C(C)C)C(=O)N[C@@H](Cc1cnc[nH]1)C(=O)NCC(=O)N[C@@H](CS)C(=O)N[C@H](C(=O)O)[C@@H](C)O. The van der Waals surface area contributed by atoms with Crippen LogP contribution in [-0.2, 0) is 56.0 Å². The van der Waals surface area contributed by atoms with E-state index in [1.165, 1.54) is 36.8 Å². The molecule has 0 fully saturated rings. The Balaban J connectivity index is 2.38. The van der Waals surface area contributed by atoms with Crippen molar-refractivity contribution in [2.24, 2.45) is 28.3 Å². The normalized spacial score (nSPS) is 14.8. The van der Waals surface area contributed by atoms with Gasteiger partial charge >= 0.3 is 5.97 Å². The summed E-state index contributed by atoms with van der Waals surface area (Å²) >= 11 is 4.05. The van der Waals surface area contributed by atoms with Crippen molar-refractivity contribution in [3.05, 3.63) is 48.0 Å². The van der Waals surface area contributed by atoms with Crippen LogP contribution in [0.3, 0.4) is 0 Å². The Morgan fingerprint density at radius 2 is 1.27 bits per heavy atom. The summed E-state index contributed by atoms with van der Waals surface area (Å²) < 4.78 is 0. The topological polar surface area (TPSA) is 416 Å². The third kappa shape index (κ3) is 21.3. The smallest absolute Gasteiger partial charge is 0.328 e. The number of aliphatic carboxylic acids is 1. The number of nitrogens with one attached hydrogen (secondary N) is 10. The zero-order chi connectivity index (χ0) is 53.4. The molecule has 17 N–H and O–H groups in total. The zero-order valence-corrected chi connectivity index (χ0v) is 41.5. The molecule has 8 amide bonds. The molecule has 2 rings (SSSR count). The molecule has 27 heteroatoms. The van der Waals surface area contributed by atoms with Gasteiger partial charge in [0.2, 0.25) is 47.3 Å². The van der Waals surface area contributed by atoms with Crippen LogP contribution in [0.5, 0.6) is 5.75 Å². The van der Waals surface area contributed by atoms with E-state index in [9.17, 15) is 58.5 Å². The highest BCUT2D eigenvalue weighted by molar-refractivity contribution is 7.80. The van der Waals surface area contributed by atoms with E-state index in [-0.39, 0.29) is 49.8 Å². The number of carboxylic acids is 1. The van der Waals surface area contributed by atoms with Gasteiger partial charge in [0.25, 0.3) is 0 Å². The van der Waals surface area contributed by atoms with E-state index in [2.05, 4.69) is 75.4 Å². The molecule has 0 saturated carbocycles. The fraction of sp³-hybridized carbons (Fsp3) is 0.568. The number of carbonyl (C=O) groups excluding carboxylic acids is 8. The highest BCUT2D eigenvalue weighted by Gasteiger charge is 2.36. The van der Waals surface area contributed by atoms with Crippen molar-refractivity contribution < 1.29 is 58.5 Å². The summed E-state index contributed by atoms with van der Waals surface area (Å²) in [5.41, 5.74) is 11.7. The minimum Gasteiger partial charge on any atom is -0.508 e.